The van der Waals surface area contributed by atoms with Crippen molar-refractivity contribution >= 4 is 11.8 Å². The Bertz CT molecular complexity index is 837. The van der Waals surface area contributed by atoms with Crippen molar-refractivity contribution in [1.82, 2.24) is 15.1 Å². The number of fused-ring (bicyclic) bond motifs is 2. The molecular weight excluding hydrogens is 390 g/mol. The molecule has 0 aromatic heterocycles. The van der Waals surface area contributed by atoms with Crippen molar-refractivity contribution in [2.45, 2.75) is 51.5 Å². The van der Waals surface area contributed by atoms with Crippen LogP contribution in [0.4, 0.5) is 0 Å². The molecule has 1 N–H and O–H groups in total. The SMILES string of the molecule is COCCN1C(=O)CCC2(C(=O)NCCCN3CCc4ccccc4C3)CCCC=C12. The summed E-state index contributed by atoms with van der Waals surface area (Å²) >= 11 is 0. The zero-order valence-electron chi connectivity index (χ0n) is 18.7. The van der Waals surface area contributed by atoms with Gasteiger partial charge in [0.05, 0.1) is 12.0 Å². The highest BCUT2D eigenvalue weighted by atomic mass is 16.5. The first-order valence-electron chi connectivity index (χ1n) is 11.7. The summed E-state index contributed by atoms with van der Waals surface area (Å²) in [6.45, 7) is 4.75. The van der Waals surface area contributed by atoms with Gasteiger partial charge in [-0.2, -0.15) is 0 Å². The monoisotopic (exact) mass is 425 g/mol. The second-order valence-corrected chi connectivity index (χ2v) is 9.01. The third-order valence-corrected chi connectivity index (χ3v) is 7.09. The molecule has 1 atom stereocenters. The third kappa shape index (κ3) is 4.70. The van der Waals surface area contributed by atoms with E-state index in [4.69, 9.17) is 4.74 Å². The number of piperidine rings is 1. The molecule has 0 spiro atoms. The average Bonchev–Trinajstić information content (AvgIpc) is 2.81. The highest BCUT2D eigenvalue weighted by molar-refractivity contribution is 5.91. The number of ether oxygens (including phenoxy) is 1. The van der Waals surface area contributed by atoms with Crippen molar-refractivity contribution in [3.63, 3.8) is 0 Å². The fraction of sp³-hybridized carbons (Fsp3) is 0.600. The van der Waals surface area contributed by atoms with Gasteiger partial charge in [-0.05, 0) is 49.7 Å². The van der Waals surface area contributed by atoms with Crippen LogP contribution in [0.1, 0.15) is 49.7 Å². The van der Waals surface area contributed by atoms with Crippen molar-refractivity contribution < 1.29 is 14.3 Å². The summed E-state index contributed by atoms with van der Waals surface area (Å²) in [5, 5.41) is 3.22. The molecule has 6 heteroatoms. The van der Waals surface area contributed by atoms with Crippen LogP contribution >= 0.6 is 0 Å². The van der Waals surface area contributed by atoms with E-state index in [1.54, 1.807) is 12.0 Å². The number of amides is 2. The minimum Gasteiger partial charge on any atom is -0.383 e. The molecule has 1 aromatic carbocycles. The van der Waals surface area contributed by atoms with E-state index in [0.29, 0.717) is 32.5 Å². The summed E-state index contributed by atoms with van der Waals surface area (Å²) in [6, 6.07) is 8.68. The highest BCUT2D eigenvalue weighted by Crippen LogP contribution is 2.46. The van der Waals surface area contributed by atoms with E-state index in [0.717, 1.165) is 57.4 Å². The van der Waals surface area contributed by atoms with Gasteiger partial charge in [-0.3, -0.25) is 14.5 Å². The van der Waals surface area contributed by atoms with Gasteiger partial charge < -0.3 is 15.0 Å². The first kappa shape index (κ1) is 22.0. The van der Waals surface area contributed by atoms with Crippen LogP contribution in [-0.2, 0) is 27.3 Å². The molecule has 0 saturated carbocycles. The molecule has 0 radical (unpaired) electrons. The van der Waals surface area contributed by atoms with Gasteiger partial charge in [0.15, 0.2) is 0 Å². The second-order valence-electron chi connectivity index (χ2n) is 9.01. The number of hydrogen-bond acceptors (Lipinski definition) is 4. The number of hydrogen-bond donors (Lipinski definition) is 1. The summed E-state index contributed by atoms with van der Waals surface area (Å²) in [5.41, 5.74) is 3.26. The largest absolute Gasteiger partial charge is 0.383 e. The molecule has 1 aliphatic carbocycles. The maximum Gasteiger partial charge on any atom is 0.232 e. The molecule has 2 heterocycles. The van der Waals surface area contributed by atoms with Crippen molar-refractivity contribution in [2.75, 3.05) is 39.9 Å². The molecule has 1 aromatic rings. The lowest BCUT2D eigenvalue weighted by Gasteiger charge is -2.46. The van der Waals surface area contributed by atoms with Crippen LogP contribution < -0.4 is 5.32 Å². The lowest BCUT2D eigenvalue weighted by Crippen LogP contribution is -2.53. The Morgan fingerprint density at radius 3 is 2.84 bits per heavy atom. The summed E-state index contributed by atoms with van der Waals surface area (Å²) in [5.74, 6) is 0.205. The van der Waals surface area contributed by atoms with Gasteiger partial charge >= 0.3 is 0 Å². The van der Waals surface area contributed by atoms with E-state index in [9.17, 15) is 9.59 Å². The number of carbonyl (C=O) groups excluding carboxylic acids is 2. The Morgan fingerprint density at radius 1 is 1.16 bits per heavy atom. The van der Waals surface area contributed by atoms with Gasteiger partial charge in [-0.25, -0.2) is 0 Å². The Kier molecular flexibility index (Phi) is 7.08. The lowest BCUT2D eigenvalue weighted by molar-refractivity contribution is -0.141. The Hall–Kier alpha value is -2.18. The molecule has 1 fully saturated rings. The second kappa shape index (κ2) is 9.96. The number of rotatable bonds is 8. The standard InChI is InChI=1S/C25H35N3O3/c1-31-18-17-28-22-9-4-5-12-25(22,13-10-23(28)29)24(30)26-14-6-15-27-16-11-20-7-2-3-8-21(20)19-27/h2-3,7-9H,4-6,10-19H2,1H3,(H,26,30). The van der Waals surface area contributed by atoms with Gasteiger partial charge in [-0.1, -0.05) is 30.3 Å². The molecule has 3 aliphatic rings. The topological polar surface area (TPSA) is 61.9 Å². The quantitative estimate of drug-likeness (QED) is 0.651. The van der Waals surface area contributed by atoms with Crippen molar-refractivity contribution in [2.24, 2.45) is 5.41 Å². The zero-order valence-corrected chi connectivity index (χ0v) is 18.7. The number of likely N-dealkylation sites (tertiary alicyclic amines) is 1. The molecule has 2 aliphatic heterocycles. The molecule has 168 valence electrons. The van der Waals surface area contributed by atoms with Gasteiger partial charge in [0.25, 0.3) is 0 Å². The predicted molar refractivity (Wildman–Crippen MR) is 120 cm³/mol. The van der Waals surface area contributed by atoms with Gasteiger partial charge in [-0.15, -0.1) is 0 Å². The van der Waals surface area contributed by atoms with Crippen LogP contribution in [0, 0.1) is 5.41 Å². The van der Waals surface area contributed by atoms with Gasteiger partial charge in [0.1, 0.15) is 0 Å². The molecule has 1 unspecified atom stereocenters. The number of nitrogens with zero attached hydrogens (tertiary/aromatic N) is 2. The van der Waals surface area contributed by atoms with Crippen LogP contribution in [0.3, 0.4) is 0 Å². The van der Waals surface area contributed by atoms with E-state index in [1.165, 1.54) is 11.1 Å². The Morgan fingerprint density at radius 2 is 2.00 bits per heavy atom. The van der Waals surface area contributed by atoms with E-state index < -0.39 is 5.41 Å². The van der Waals surface area contributed by atoms with Crippen LogP contribution in [0.15, 0.2) is 36.0 Å². The Labute approximate surface area is 185 Å². The smallest absolute Gasteiger partial charge is 0.232 e. The molecule has 4 rings (SSSR count). The van der Waals surface area contributed by atoms with Gasteiger partial charge in [0.2, 0.25) is 11.8 Å². The molecular formula is C25H35N3O3. The van der Waals surface area contributed by atoms with E-state index in [1.807, 2.05) is 0 Å². The van der Waals surface area contributed by atoms with E-state index >= 15 is 0 Å². The number of methoxy groups -OCH3 is 1. The van der Waals surface area contributed by atoms with E-state index in [-0.39, 0.29) is 11.8 Å². The minimum absolute atomic E-state index is 0.0948. The minimum atomic E-state index is -0.552. The highest BCUT2D eigenvalue weighted by Gasteiger charge is 2.49. The molecule has 1 saturated heterocycles. The average molecular weight is 426 g/mol. The molecule has 6 nitrogen and oxygen atoms in total. The number of allylic oxidation sites excluding steroid dienone is 1. The van der Waals surface area contributed by atoms with Crippen molar-refractivity contribution in [1.29, 1.82) is 0 Å². The zero-order chi connectivity index (χ0) is 21.7. The lowest BCUT2D eigenvalue weighted by atomic mass is 9.69. The third-order valence-electron chi connectivity index (χ3n) is 7.09. The van der Waals surface area contributed by atoms with Crippen LogP contribution in [-0.4, -0.2) is 61.5 Å². The summed E-state index contributed by atoms with van der Waals surface area (Å²) < 4.78 is 5.20. The van der Waals surface area contributed by atoms with Crippen molar-refractivity contribution in [3.8, 4) is 0 Å². The maximum absolute atomic E-state index is 13.4. The normalized spacial score (nSPS) is 23.7. The number of carbonyl (C=O) groups is 2. The first-order valence-corrected chi connectivity index (χ1v) is 11.7. The molecule has 2 amide bonds. The van der Waals surface area contributed by atoms with Gasteiger partial charge in [0, 0.05) is 52.0 Å². The summed E-state index contributed by atoms with van der Waals surface area (Å²) in [6.07, 6.45) is 7.96. The summed E-state index contributed by atoms with van der Waals surface area (Å²) in [4.78, 5) is 30.2. The predicted octanol–water partition coefficient (Wildman–Crippen LogP) is 2.87. The fourth-order valence-corrected chi connectivity index (χ4v) is 5.37. The molecule has 0 bridgehead atoms. The number of nitrogens with one attached hydrogen (secondary N) is 1. The molecule has 31 heavy (non-hydrogen) atoms. The number of benzene rings is 1. The van der Waals surface area contributed by atoms with Crippen LogP contribution in [0.2, 0.25) is 0 Å². The fourth-order valence-electron chi connectivity index (χ4n) is 5.37. The first-order chi connectivity index (χ1) is 15.1. The maximum atomic E-state index is 13.4. The summed E-state index contributed by atoms with van der Waals surface area (Å²) in [7, 11) is 1.64. The van der Waals surface area contributed by atoms with Crippen LogP contribution in [0.5, 0.6) is 0 Å². The van der Waals surface area contributed by atoms with E-state index in [2.05, 4.69) is 40.6 Å². The Balaban J connectivity index is 1.32. The van der Waals surface area contributed by atoms with Crippen LogP contribution in [0.25, 0.3) is 0 Å². The van der Waals surface area contributed by atoms with Crippen molar-refractivity contribution in [3.05, 3.63) is 47.2 Å².